The van der Waals surface area contributed by atoms with E-state index in [0.29, 0.717) is 17.6 Å². The zero-order chi connectivity index (χ0) is 43.4. The molecule has 0 saturated heterocycles. The van der Waals surface area contributed by atoms with E-state index < -0.39 is 0 Å². The molecule has 6 nitrogen and oxygen atoms in total. The Balaban J connectivity index is 0.00000219. The van der Waals surface area contributed by atoms with Gasteiger partial charge < -0.3 is 8.83 Å². The summed E-state index contributed by atoms with van der Waals surface area (Å²) in [4.78, 5) is 15.8. The van der Waals surface area contributed by atoms with E-state index in [1.165, 1.54) is 0 Å². The summed E-state index contributed by atoms with van der Waals surface area (Å²) in [5.74, 6) is 1.66. The maximum Gasteiger partial charge on any atom is 0.238 e. The van der Waals surface area contributed by atoms with Crippen molar-refractivity contribution < 1.29 is 8.83 Å². The Kier molecular flexibility index (Phi) is 9.16. The molecule has 4 aromatic heterocycles. The van der Waals surface area contributed by atoms with Crippen LogP contribution in [0.1, 0.15) is 13.8 Å². The van der Waals surface area contributed by atoms with Crippen LogP contribution >= 0.6 is 0 Å². The fourth-order valence-electron chi connectivity index (χ4n) is 9.39. The highest BCUT2D eigenvalue weighted by Gasteiger charge is 2.22. The minimum absolute atomic E-state index is 0.524. The Morgan fingerprint density at radius 2 is 0.877 bits per heavy atom. The van der Waals surface area contributed by atoms with Crippen LogP contribution in [0.15, 0.2) is 215 Å². The van der Waals surface area contributed by atoms with Gasteiger partial charge in [-0.1, -0.05) is 166 Å². The van der Waals surface area contributed by atoms with Gasteiger partial charge in [-0.2, -0.15) is 9.97 Å². The molecule has 0 bridgehead atoms. The topological polar surface area (TPSA) is 69.9 Å². The standard InChI is InChI=1S/C57H34N4O2.C2H6/c1-3-15-35(16-4-1)38-31-39(41-22-14-28-51-53(41)47-21-9-12-27-50(47)62-51)33-40(32-38)42-23-13-24-46-43-19-7-10-25-48(43)61(54(42)46)57-59-55(36-17-5-2-6-18-36)58-56(60-57)37-29-30-45-44-20-8-11-26-49(44)63-52(45)34-37;1-2/h1-34H;1-2H3. The van der Waals surface area contributed by atoms with Crippen LogP contribution in [0.3, 0.4) is 0 Å². The van der Waals surface area contributed by atoms with Crippen LogP contribution in [0, 0.1) is 0 Å². The zero-order valence-corrected chi connectivity index (χ0v) is 35.7. The Morgan fingerprint density at radius 1 is 0.338 bits per heavy atom. The van der Waals surface area contributed by atoms with Crippen LogP contribution in [0.5, 0.6) is 0 Å². The highest BCUT2D eigenvalue weighted by atomic mass is 16.3. The maximum atomic E-state index is 6.39. The lowest BCUT2D eigenvalue weighted by molar-refractivity contribution is 0.668. The summed E-state index contributed by atoms with van der Waals surface area (Å²) < 4.78 is 15.0. The average Bonchev–Trinajstić information content (AvgIpc) is 4.07. The van der Waals surface area contributed by atoms with Crippen LogP contribution in [0.4, 0.5) is 0 Å². The Labute approximate surface area is 374 Å². The van der Waals surface area contributed by atoms with Crippen molar-refractivity contribution in [2.45, 2.75) is 13.8 Å². The summed E-state index contributed by atoms with van der Waals surface area (Å²) in [6, 6.07) is 71.7. The SMILES string of the molecule is CC.c1ccc(-c2cc(-c3cccc4oc5ccccc5c34)cc(-c3cccc4c5ccccc5n(-c5nc(-c6ccccc6)nc(-c6ccc7c(c6)oc6ccccc67)n5)c34)c2)cc1. The summed E-state index contributed by atoms with van der Waals surface area (Å²) in [6.45, 7) is 4.00. The van der Waals surface area contributed by atoms with Crippen LogP contribution in [0.2, 0.25) is 0 Å². The number of benzene rings is 9. The molecule has 65 heavy (non-hydrogen) atoms. The van der Waals surface area contributed by atoms with Crippen molar-refractivity contribution in [1.29, 1.82) is 0 Å². The molecule has 0 radical (unpaired) electrons. The third-order valence-electron chi connectivity index (χ3n) is 12.3. The molecule has 0 saturated carbocycles. The van der Waals surface area contributed by atoms with Gasteiger partial charge in [-0.05, 0) is 82.4 Å². The highest BCUT2D eigenvalue weighted by Crippen LogP contribution is 2.43. The van der Waals surface area contributed by atoms with Crippen molar-refractivity contribution in [1.82, 2.24) is 19.5 Å². The van der Waals surface area contributed by atoms with Crippen LogP contribution in [-0.4, -0.2) is 19.5 Å². The van der Waals surface area contributed by atoms with E-state index in [-0.39, 0.29) is 0 Å². The molecule has 9 aromatic carbocycles. The predicted octanol–water partition coefficient (Wildman–Crippen LogP) is 16.1. The van der Waals surface area contributed by atoms with Crippen LogP contribution in [0.25, 0.3) is 128 Å². The van der Waals surface area contributed by atoms with Gasteiger partial charge in [-0.3, -0.25) is 4.57 Å². The number of hydrogen-bond donors (Lipinski definition) is 0. The molecule has 0 unspecified atom stereocenters. The van der Waals surface area contributed by atoms with E-state index in [1.807, 2.05) is 80.6 Å². The molecule has 0 amide bonds. The fraction of sp³-hybridized carbons (Fsp3) is 0.0339. The smallest absolute Gasteiger partial charge is 0.238 e. The first kappa shape index (κ1) is 38.1. The molecule has 6 heteroatoms. The quantitative estimate of drug-likeness (QED) is 0.167. The molecule has 0 N–H and O–H groups in total. The summed E-state index contributed by atoms with van der Waals surface area (Å²) in [6.07, 6.45) is 0. The van der Waals surface area contributed by atoms with E-state index in [0.717, 1.165) is 110 Å². The molecule has 0 aliphatic heterocycles. The maximum absolute atomic E-state index is 6.39. The highest BCUT2D eigenvalue weighted by molar-refractivity contribution is 6.15. The average molecular weight is 837 g/mol. The minimum atomic E-state index is 0.524. The van der Waals surface area contributed by atoms with Crippen molar-refractivity contribution >= 4 is 65.7 Å². The van der Waals surface area contributed by atoms with Crippen molar-refractivity contribution in [3.63, 3.8) is 0 Å². The van der Waals surface area contributed by atoms with Gasteiger partial charge in [0, 0.05) is 49.0 Å². The molecular formula is C59H40N4O2. The van der Waals surface area contributed by atoms with Crippen molar-refractivity contribution in [3.05, 3.63) is 206 Å². The zero-order valence-electron chi connectivity index (χ0n) is 35.7. The number of aromatic nitrogens is 4. The van der Waals surface area contributed by atoms with Crippen molar-refractivity contribution in [2.24, 2.45) is 0 Å². The van der Waals surface area contributed by atoms with E-state index in [2.05, 4.69) is 144 Å². The number of furan rings is 2. The normalized spacial score (nSPS) is 11.5. The first-order valence-electron chi connectivity index (χ1n) is 22.1. The van der Waals surface area contributed by atoms with E-state index in [9.17, 15) is 0 Å². The molecule has 13 aromatic rings. The lowest BCUT2D eigenvalue weighted by Crippen LogP contribution is -2.07. The summed E-state index contributed by atoms with van der Waals surface area (Å²) in [5.41, 5.74) is 13.7. The Morgan fingerprint density at radius 3 is 1.66 bits per heavy atom. The second-order valence-electron chi connectivity index (χ2n) is 16.0. The van der Waals surface area contributed by atoms with Gasteiger partial charge in [0.25, 0.3) is 0 Å². The molecule has 0 fully saturated rings. The first-order valence-corrected chi connectivity index (χ1v) is 22.1. The van der Waals surface area contributed by atoms with Crippen molar-refractivity contribution in [3.8, 4) is 62.1 Å². The number of hydrogen-bond acceptors (Lipinski definition) is 5. The summed E-state index contributed by atoms with van der Waals surface area (Å²) in [5, 5.41) is 6.53. The largest absolute Gasteiger partial charge is 0.456 e. The van der Waals surface area contributed by atoms with E-state index >= 15 is 0 Å². The minimum Gasteiger partial charge on any atom is -0.456 e. The molecule has 0 aliphatic carbocycles. The van der Waals surface area contributed by atoms with Gasteiger partial charge in [-0.15, -0.1) is 0 Å². The fourth-order valence-corrected chi connectivity index (χ4v) is 9.39. The molecule has 13 rings (SSSR count). The molecular weight excluding hydrogens is 797 g/mol. The number of para-hydroxylation sites is 4. The van der Waals surface area contributed by atoms with Gasteiger partial charge in [0.2, 0.25) is 5.95 Å². The van der Waals surface area contributed by atoms with Crippen molar-refractivity contribution in [2.75, 3.05) is 0 Å². The van der Waals surface area contributed by atoms with E-state index in [4.69, 9.17) is 23.8 Å². The second-order valence-corrected chi connectivity index (χ2v) is 16.0. The van der Waals surface area contributed by atoms with Gasteiger partial charge in [0.15, 0.2) is 11.6 Å². The third kappa shape index (κ3) is 6.37. The molecule has 0 atom stereocenters. The lowest BCUT2D eigenvalue weighted by Gasteiger charge is -2.15. The summed E-state index contributed by atoms with van der Waals surface area (Å²) >= 11 is 0. The molecule has 0 spiro atoms. The van der Waals surface area contributed by atoms with E-state index in [1.54, 1.807) is 0 Å². The monoisotopic (exact) mass is 836 g/mol. The first-order chi connectivity index (χ1) is 32.2. The van der Waals surface area contributed by atoms with Crippen LogP contribution < -0.4 is 0 Å². The lowest BCUT2D eigenvalue weighted by atomic mass is 9.91. The molecule has 0 aliphatic rings. The van der Waals surface area contributed by atoms with Crippen LogP contribution in [-0.2, 0) is 0 Å². The second kappa shape index (κ2) is 15.6. The van der Waals surface area contributed by atoms with Gasteiger partial charge in [0.05, 0.1) is 11.0 Å². The summed E-state index contributed by atoms with van der Waals surface area (Å²) in [7, 11) is 0. The van der Waals surface area contributed by atoms with Gasteiger partial charge in [0.1, 0.15) is 22.3 Å². The number of fused-ring (bicyclic) bond motifs is 9. The third-order valence-corrected chi connectivity index (χ3v) is 12.3. The Bertz CT molecular complexity index is 3920. The number of nitrogens with zero attached hydrogens (tertiary/aromatic N) is 4. The van der Waals surface area contributed by atoms with Gasteiger partial charge >= 0.3 is 0 Å². The Hall–Kier alpha value is -8.61. The van der Waals surface area contributed by atoms with Gasteiger partial charge in [-0.25, -0.2) is 4.98 Å². The predicted molar refractivity (Wildman–Crippen MR) is 267 cm³/mol. The molecule has 308 valence electrons. The number of rotatable bonds is 6. The molecule has 4 heterocycles.